The molecule has 1 atom stereocenters. The first-order valence-electron chi connectivity index (χ1n) is 12.6. The van der Waals surface area contributed by atoms with Crippen LogP contribution < -0.4 is 14.4 Å². The quantitative estimate of drug-likeness (QED) is 0.246. The first kappa shape index (κ1) is 28.7. The number of methoxy groups -OCH3 is 1. The minimum Gasteiger partial charge on any atom is -0.484 e. The lowest BCUT2D eigenvalue weighted by Gasteiger charge is -2.26. The first-order chi connectivity index (χ1) is 19.2. The zero-order valence-corrected chi connectivity index (χ0v) is 22.8. The molecule has 206 valence electrons. The van der Waals surface area contributed by atoms with Gasteiger partial charge in [0, 0.05) is 17.2 Å². The number of esters is 1. The highest BCUT2D eigenvalue weighted by Gasteiger charge is 2.34. The average molecular weight is 564 g/mol. The van der Waals surface area contributed by atoms with E-state index < -0.39 is 42.0 Å². The van der Waals surface area contributed by atoms with Gasteiger partial charge in [-0.15, -0.1) is 6.42 Å². The molecular weight excluding hydrogens is 537 g/mol. The fraction of sp³-hybridized carbons (Fsp3) is 0.258. The number of carbonyl (C=O) groups is 3. The van der Waals surface area contributed by atoms with Crippen molar-refractivity contribution >= 4 is 45.8 Å². The summed E-state index contributed by atoms with van der Waals surface area (Å²) in [6, 6.07) is 15.0. The maximum absolute atomic E-state index is 15.4. The number of fused-ring (bicyclic) bond motifs is 1. The van der Waals surface area contributed by atoms with E-state index in [1.54, 1.807) is 19.1 Å². The number of hydrogen-bond donors (Lipinski definition) is 0. The molecule has 0 N–H and O–H groups in total. The van der Waals surface area contributed by atoms with Crippen LogP contribution in [0.3, 0.4) is 0 Å². The fourth-order valence-corrected chi connectivity index (χ4v) is 4.65. The summed E-state index contributed by atoms with van der Waals surface area (Å²) < 4.78 is 31.6. The van der Waals surface area contributed by atoms with Crippen molar-refractivity contribution in [1.82, 2.24) is 0 Å². The largest absolute Gasteiger partial charge is 0.484 e. The lowest BCUT2D eigenvalue weighted by Crippen LogP contribution is -2.42. The normalized spacial score (nSPS) is 13.8. The summed E-state index contributed by atoms with van der Waals surface area (Å²) in [5.41, 5.74) is -0.187. The third kappa shape index (κ3) is 6.27. The number of terminal acetylenes is 1. The molecule has 0 heterocycles. The van der Waals surface area contributed by atoms with Crippen LogP contribution in [0.15, 0.2) is 65.7 Å². The highest BCUT2D eigenvalue weighted by Crippen LogP contribution is 2.36. The van der Waals surface area contributed by atoms with Gasteiger partial charge in [0.25, 0.3) is 11.8 Å². The van der Waals surface area contributed by atoms with Gasteiger partial charge in [0.2, 0.25) is 0 Å². The summed E-state index contributed by atoms with van der Waals surface area (Å²) in [6.07, 6.45) is 6.45. The minimum atomic E-state index is -0.950. The summed E-state index contributed by atoms with van der Waals surface area (Å²) in [5.74, 6) is -0.603. The first-order valence-corrected chi connectivity index (χ1v) is 13.0. The molecule has 1 unspecified atom stereocenters. The SMILES string of the molecule is C#CC(C)Oc1cc(N(C(=O)COc2ccc3ccccc3c2)C(=O)C2=C(C(=O)OC)CCCC2)c(F)cc1Cl. The van der Waals surface area contributed by atoms with Crippen LogP contribution in [-0.4, -0.2) is 37.6 Å². The lowest BCUT2D eigenvalue weighted by molar-refractivity contribution is -0.137. The molecular formula is C31H27ClFNO6. The second kappa shape index (κ2) is 12.7. The molecule has 0 aliphatic heterocycles. The molecule has 2 amide bonds. The molecule has 0 spiro atoms. The molecule has 3 aromatic rings. The number of imide groups is 1. The zero-order chi connectivity index (χ0) is 28.8. The molecule has 1 aliphatic carbocycles. The maximum atomic E-state index is 15.4. The molecule has 1 aliphatic rings. The molecule has 0 bridgehead atoms. The van der Waals surface area contributed by atoms with Crippen LogP contribution in [0.5, 0.6) is 11.5 Å². The molecule has 0 saturated heterocycles. The summed E-state index contributed by atoms with van der Waals surface area (Å²) in [6.45, 7) is 0.990. The van der Waals surface area contributed by atoms with Crippen LogP contribution in [0.1, 0.15) is 32.6 Å². The van der Waals surface area contributed by atoms with Gasteiger partial charge in [-0.25, -0.2) is 14.1 Å². The predicted molar refractivity (Wildman–Crippen MR) is 150 cm³/mol. The van der Waals surface area contributed by atoms with E-state index in [2.05, 4.69) is 5.92 Å². The van der Waals surface area contributed by atoms with Gasteiger partial charge in [0.05, 0.1) is 17.8 Å². The Morgan fingerprint density at radius 3 is 2.45 bits per heavy atom. The maximum Gasteiger partial charge on any atom is 0.334 e. The highest BCUT2D eigenvalue weighted by atomic mass is 35.5. The molecule has 3 aromatic carbocycles. The lowest BCUT2D eigenvalue weighted by atomic mass is 9.90. The van der Waals surface area contributed by atoms with E-state index in [0.717, 1.165) is 22.9 Å². The molecule has 0 radical (unpaired) electrons. The second-order valence-corrected chi connectivity index (χ2v) is 9.56. The number of ether oxygens (including phenoxy) is 3. The Morgan fingerprint density at radius 1 is 1.05 bits per heavy atom. The Kier molecular flexibility index (Phi) is 9.08. The number of carbonyl (C=O) groups excluding carboxylic acids is 3. The van der Waals surface area contributed by atoms with E-state index in [9.17, 15) is 14.4 Å². The van der Waals surface area contributed by atoms with Crippen LogP contribution in [0.2, 0.25) is 5.02 Å². The average Bonchev–Trinajstić information content (AvgIpc) is 2.97. The van der Waals surface area contributed by atoms with Gasteiger partial charge in [-0.05, 0) is 61.6 Å². The topological polar surface area (TPSA) is 82.1 Å². The third-order valence-electron chi connectivity index (χ3n) is 6.47. The Bertz CT molecular complexity index is 1540. The molecule has 9 heteroatoms. The molecule has 0 saturated carbocycles. The van der Waals surface area contributed by atoms with Crippen molar-refractivity contribution in [3.8, 4) is 23.8 Å². The van der Waals surface area contributed by atoms with Gasteiger partial charge in [0.1, 0.15) is 17.3 Å². The Labute approximate surface area is 236 Å². The van der Waals surface area contributed by atoms with E-state index >= 15 is 4.39 Å². The van der Waals surface area contributed by atoms with E-state index in [-0.39, 0.29) is 28.3 Å². The number of rotatable bonds is 8. The van der Waals surface area contributed by atoms with E-state index in [4.69, 9.17) is 32.2 Å². The highest BCUT2D eigenvalue weighted by molar-refractivity contribution is 6.32. The van der Waals surface area contributed by atoms with Gasteiger partial charge < -0.3 is 14.2 Å². The van der Waals surface area contributed by atoms with Crippen molar-refractivity contribution in [1.29, 1.82) is 0 Å². The zero-order valence-electron chi connectivity index (χ0n) is 22.0. The van der Waals surface area contributed by atoms with Crippen molar-refractivity contribution in [2.75, 3.05) is 18.6 Å². The summed E-state index contributed by atoms with van der Waals surface area (Å²) in [4.78, 5) is 40.6. The minimum absolute atomic E-state index is 0.0182. The molecule has 0 aromatic heterocycles. The summed E-state index contributed by atoms with van der Waals surface area (Å²) >= 11 is 6.17. The summed E-state index contributed by atoms with van der Waals surface area (Å²) in [7, 11) is 1.21. The van der Waals surface area contributed by atoms with E-state index in [1.165, 1.54) is 7.11 Å². The number of halogens is 2. The van der Waals surface area contributed by atoms with Crippen molar-refractivity contribution < 1.29 is 33.0 Å². The van der Waals surface area contributed by atoms with Crippen molar-refractivity contribution in [2.24, 2.45) is 0 Å². The van der Waals surface area contributed by atoms with Crippen LogP contribution in [0.4, 0.5) is 10.1 Å². The van der Waals surface area contributed by atoms with Gasteiger partial charge in [-0.1, -0.05) is 47.9 Å². The molecule has 0 fully saturated rings. The van der Waals surface area contributed by atoms with Gasteiger partial charge in [-0.3, -0.25) is 9.59 Å². The summed E-state index contributed by atoms with van der Waals surface area (Å²) in [5, 5.41) is 1.78. The van der Waals surface area contributed by atoms with E-state index in [1.807, 2.05) is 30.3 Å². The number of amides is 2. The van der Waals surface area contributed by atoms with Gasteiger partial charge in [0.15, 0.2) is 12.7 Å². The molecule has 7 nitrogen and oxygen atoms in total. The van der Waals surface area contributed by atoms with E-state index in [0.29, 0.717) is 29.9 Å². The number of anilines is 1. The van der Waals surface area contributed by atoms with Crippen molar-refractivity contribution in [3.05, 3.63) is 76.6 Å². The number of benzene rings is 3. The number of nitrogens with zero attached hydrogens (tertiary/aromatic N) is 1. The molecule has 4 rings (SSSR count). The Balaban J connectivity index is 1.74. The fourth-order valence-electron chi connectivity index (χ4n) is 4.45. The van der Waals surface area contributed by atoms with Gasteiger partial charge >= 0.3 is 5.97 Å². The second-order valence-electron chi connectivity index (χ2n) is 9.15. The smallest absolute Gasteiger partial charge is 0.334 e. The third-order valence-corrected chi connectivity index (χ3v) is 6.77. The van der Waals surface area contributed by atoms with Gasteiger partial charge in [-0.2, -0.15) is 0 Å². The van der Waals surface area contributed by atoms with Crippen molar-refractivity contribution in [3.63, 3.8) is 0 Å². The standard InChI is InChI=1S/C31H27ClFNO6/c1-4-19(2)40-28-17-27(26(33)16-25(28)32)34(30(36)23-11-7-8-12-24(23)31(37)38-3)29(35)18-39-22-14-13-20-9-5-6-10-21(20)15-22/h1,5-6,9-10,13-17,19H,7-8,11-12,18H2,2-3H3. The Morgan fingerprint density at radius 2 is 1.75 bits per heavy atom. The van der Waals surface area contributed by atoms with Crippen LogP contribution in [-0.2, 0) is 19.1 Å². The van der Waals surface area contributed by atoms with Crippen molar-refractivity contribution in [2.45, 2.75) is 38.7 Å². The van der Waals surface area contributed by atoms with Crippen LogP contribution in [0, 0.1) is 18.2 Å². The monoisotopic (exact) mass is 563 g/mol. The van der Waals surface area contributed by atoms with Crippen LogP contribution in [0.25, 0.3) is 10.8 Å². The van der Waals surface area contributed by atoms with Crippen LogP contribution >= 0.6 is 11.6 Å². The molecule has 40 heavy (non-hydrogen) atoms. The predicted octanol–water partition coefficient (Wildman–Crippen LogP) is 6.02. The number of hydrogen-bond acceptors (Lipinski definition) is 6. The Hall–Kier alpha value is -4.35.